The first-order chi connectivity index (χ1) is 9.57. The van der Waals surface area contributed by atoms with Gasteiger partial charge >= 0.3 is 0 Å². The van der Waals surface area contributed by atoms with Crippen LogP contribution in [0.1, 0.15) is 37.7 Å². The predicted molar refractivity (Wildman–Crippen MR) is 82.9 cm³/mol. The summed E-state index contributed by atoms with van der Waals surface area (Å²) in [4.78, 5) is 0. The summed E-state index contributed by atoms with van der Waals surface area (Å²) in [5.41, 5.74) is 0.731. The molecule has 0 spiro atoms. The van der Waals surface area contributed by atoms with Gasteiger partial charge in [0.2, 0.25) is 0 Å². The Kier molecular flexibility index (Phi) is 4.18. The fourth-order valence-electron chi connectivity index (χ4n) is 3.14. The second kappa shape index (κ2) is 5.76. The second-order valence-electron chi connectivity index (χ2n) is 6.17. The van der Waals surface area contributed by atoms with Gasteiger partial charge in [-0.2, -0.15) is 0 Å². The lowest BCUT2D eigenvalue weighted by Crippen LogP contribution is -2.51. The van der Waals surface area contributed by atoms with Crippen LogP contribution >= 0.6 is 15.9 Å². The summed E-state index contributed by atoms with van der Waals surface area (Å²) in [6.07, 6.45) is 2.99. The maximum Gasteiger partial charge on any atom is 0.105 e. The van der Waals surface area contributed by atoms with E-state index in [9.17, 15) is 5.11 Å². The van der Waals surface area contributed by atoms with Crippen LogP contribution in [0.5, 0.6) is 0 Å². The zero-order valence-corrected chi connectivity index (χ0v) is 13.4. The highest BCUT2D eigenvalue weighted by atomic mass is 79.9. The van der Waals surface area contributed by atoms with Crippen LogP contribution in [0.3, 0.4) is 0 Å². The molecule has 2 fully saturated rings. The maximum absolute atomic E-state index is 10.5. The van der Waals surface area contributed by atoms with Crippen LogP contribution in [0, 0.1) is 0 Å². The van der Waals surface area contributed by atoms with Crippen LogP contribution in [-0.4, -0.2) is 36.0 Å². The molecule has 2 N–H and O–H groups in total. The van der Waals surface area contributed by atoms with Crippen molar-refractivity contribution in [3.05, 3.63) is 34.3 Å². The molecule has 0 aromatic heterocycles. The average Bonchev–Trinajstić information content (AvgIpc) is 2.68. The fraction of sp³-hybridized carbons (Fsp3) is 0.625. The predicted octanol–water partition coefficient (Wildman–Crippen LogP) is 2.82. The molecule has 0 bridgehead atoms. The summed E-state index contributed by atoms with van der Waals surface area (Å²) in [5, 5.41) is 14.0. The van der Waals surface area contributed by atoms with Crippen molar-refractivity contribution in [3.8, 4) is 0 Å². The van der Waals surface area contributed by atoms with Gasteiger partial charge in [0.1, 0.15) is 5.60 Å². The van der Waals surface area contributed by atoms with Gasteiger partial charge in [0.05, 0.1) is 6.10 Å². The SMILES string of the molecule is CC1OCCC1(O)CNC1CC(c2cccc(Br)c2)C1. The summed E-state index contributed by atoms with van der Waals surface area (Å²) in [5.74, 6) is 0.650. The zero-order valence-electron chi connectivity index (χ0n) is 11.8. The minimum Gasteiger partial charge on any atom is -0.386 e. The van der Waals surface area contributed by atoms with Crippen LogP contribution < -0.4 is 5.32 Å². The summed E-state index contributed by atoms with van der Waals surface area (Å²) < 4.78 is 6.61. The Morgan fingerprint density at radius 1 is 1.45 bits per heavy atom. The third-order valence-corrected chi connectivity index (χ3v) is 5.31. The number of hydrogen-bond acceptors (Lipinski definition) is 3. The van der Waals surface area contributed by atoms with Gasteiger partial charge in [-0.05, 0) is 43.4 Å². The van der Waals surface area contributed by atoms with E-state index in [-0.39, 0.29) is 6.10 Å². The number of aliphatic hydroxyl groups is 1. The van der Waals surface area contributed by atoms with Crippen molar-refractivity contribution in [2.45, 2.75) is 49.9 Å². The van der Waals surface area contributed by atoms with E-state index in [2.05, 4.69) is 45.5 Å². The molecule has 1 aromatic rings. The van der Waals surface area contributed by atoms with Crippen molar-refractivity contribution >= 4 is 15.9 Å². The molecule has 0 amide bonds. The average molecular weight is 340 g/mol. The fourth-order valence-corrected chi connectivity index (χ4v) is 3.56. The van der Waals surface area contributed by atoms with E-state index in [1.807, 2.05) is 6.92 Å². The molecule has 0 radical (unpaired) electrons. The van der Waals surface area contributed by atoms with Gasteiger partial charge in [0.15, 0.2) is 0 Å². The van der Waals surface area contributed by atoms with Gasteiger partial charge in [0, 0.05) is 30.1 Å². The van der Waals surface area contributed by atoms with Crippen LogP contribution in [0.25, 0.3) is 0 Å². The van der Waals surface area contributed by atoms with Gasteiger partial charge in [-0.25, -0.2) is 0 Å². The molecule has 1 heterocycles. The molecule has 3 rings (SSSR count). The zero-order chi connectivity index (χ0) is 14.2. The van der Waals surface area contributed by atoms with Crippen molar-refractivity contribution in [1.29, 1.82) is 0 Å². The van der Waals surface area contributed by atoms with Gasteiger partial charge < -0.3 is 15.2 Å². The molecule has 1 aromatic carbocycles. The van der Waals surface area contributed by atoms with E-state index >= 15 is 0 Å². The van der Waals surface area contributed by atoms with Gasteiger partial charge in [-0.15, -0.1) is 0 Å². The van der Waals surface area contributed by atoms with Crippen LogP contribution in [0.4, 0.5) is 0 Å². The van der Waals surface area contributed by atoms with Crippen molar-refractivity contribution in [1.82, 2.24) is 5.32 Å². The summed E-state index contributed by atoms with van der Waals surface area (Å²) >= 11 is 3.53. The highest BCUT2D eigenvalue weighted by Gasteiger charge is 2.40. The highest BCUT2D eigenvalue weighted by Crippen LogP contribution is 2.38. The molecular formula is C16H22BrNO2. The number of benzene rings is 1. The smallest absolute Gasteiger partial charge is 0.105 e. The van der Waals surface area contributed by atoms with Crippen molar-refractivity contribution in [2.75, 3.05) is 13.2 Å². The van der Waals surface area contributed by atoms with E-state index in [1.54, 1.807) is 0 Å². The molecule has 1 saturated carbocycles. The number of nitrogens with one attached hydrogen (secondary N) is 1. The lowest BCUT2D eigenvalue weighted by atomic mass is 9.75. The molecule has 4 heteroatoms. The van der Waals surface area contributed by atoms with Crippen LogP contribution in [-0.2, 0) is 4.74 Å². The van der Waals surface area contributed by atoms with Crippen molar-refractivity contribution in [3.63, 3.8) is 0 Å². The number of rotatable bonds is 4. The largest absolute Gasteiger partial charge is 0.386 e. The summed E-state index contributed by atoms with van der Waals surface area (Å²) in [7, 11) is 0. The quantitative estimate of drug-likeness (QED) is 0.886. The highest BCUT2D eigenvalue weighted by molar-refractivity contribution is 9.10. The normalized spacial score (nSPS) is 36.9. The van der Waals surface area contributed by atoms with Crippen molar-refractivity contribution < 1.29 is 9.84 Å². The Balaban J connectivity index is 1.47. The Morgan fingerprint density at radius 2 is 2.25 bits per heavy atom. The standard InChI is InChI=1S/C16H22BrNO2/c1-11-16(19,5-6-20-11)10-18-15-8-13(9-15)12-3-2-4-14(17)7-12/h2-4,7,11,13,15,18-19H,5-6,8-10H2,1H3. The molecule has 1 aliphatic heterocycles. The van der Waals surface area contributed by atoms with Crippen molar-refractivity contribution in [2.24, 2.45) is 0 Å². The molecule has 2 aliphatic rings. The van der Waals surface area contributed by atoms with E-state index in [1.165, 1.54) is 5.56 Å². The number of halogens is 1. The molecule has 20 heavy (non-hydrogen) atoms. The Labute approximate surface area is 128 Å². The molecule has 2 atom stereocenters. The Hall–Kier alpha value is -0.420. The van der Waals surface area contributed by atoms with Crippen LogP contribution in [0.2, 0.25) is 0 Å². The van der Waals surface area contributed by atoms with E-state index in [4.69, 9.17) is 4.74 Å². The van der Waals surface area contributed by atoms with Gasteiger partial charge in [-0.3, -0.25) is 0 Å². The molecule has 2 unspecified atom stereocenters. The minimum absolute atomic E-state index is 0.0593. The topological polar surface area (TPSA) is 41.5 Å². The Morgan fingerprint density at radius 3 is 2.90 bits per heavy atom. The third-order valence-electron chi connectivity index (χ3n) is 4.81. The summed E-state index contributed by atoms with van der Waals surface area (Å²) in [6.45, 7) is 3.27. The van der Waals surface area contributed by atoms with Crippen LogP contribution in [0.15, 0.2) is 28.7 Å². The number of hydrogen-bond donors (Lipinski definition) is 2. The minimum atomic E-state index is -0.680. The first-order valence-corrected chi connectivity index (χ1v) is 8.19. The number of ether oxygens (including phenoxy) is 1. The van der Waals surface area contributed by atoms with Gasteiger partial charge in [-0.1, -0.05) is 28.1 Å². The molecular weight excluding hydrogens is 318 g/mol. The first-order valence-electron chi connectivity index (χ1n) is 7.40. The monoisotopic (exact) mass is 339 g/mol. The summed E-state index contributed by atoms with van der Waals surface area (Å²) in [6, 6.07) is 9.10. The first kappa shape index (κ1) is 14.5. The molecule has 1 aliphatic carbocycles. The van der Waals surface area contributed by atoms with E-state index in [0.717, 1.165) is 23.7 Å². The second-order valence-corrected chi connectivity index (χ2v) is 7.08. The Bertz CT molecular complexity index is 475. The van der Waals surface area contributed by atoms with Gasteiger partial charge in [0.25, 0.3) is 0 Å². The lowest BCUT2D eigenvalue weighted by molar-refractivity contribution is -0.0295. The van der Waals surface area contributed by atoms with E-state index in [0.29, 0.717) is 25.1 Å². The van der Waals surface area contributed by atoms with E-state index < -0.39 is 5.60 Å². The third kappa shape index (κ3) is 2.93. The lowest BCUT2D eigenvalue weighted by Gasteiger charge is -2.38. The maximum atomic E-state index is 10.5. The molecule has 110 valence electrons. The molecule has 3 nitrogen and oxygen atoms in total. The molecule has 1 saturated heterocycles.